The Morgan fingerprint density at radius 3 is 2.71 bits per heavy atom. The summed E-state index contributed by atoms with van der Waals surface area (Å²) in [7, 11) is 0. The second kappa shape index (κ2) is 8.82. The third kappa shape index (κ3) is 4.64. The van der Waals surface area contributed by atoms with Crippen LogP contribution in [0.15, 0.2) is 24.7 Å². The van der Waals surface area contributed by atoms with E-state index in [2.05, 4.69) is 42.6 Å². The Morgan fingerprint density at radius 2 is 2.00 bits per heavy atom. The van der Waals surface area contributed by atoms with Crippen LogP contribution in [0.1, 0.15) is 45.4 Å². The van der Waals surface area contributed by atoms with Crippen LogP contribution in [-0.2, 0) is 11.3 Å². The Morgan fingerprint density at radius 1 is 1.23 bits per heavy atom. The van der Waals surface area contributed by atoms with E-state index in [9.17, 15) is 13.6 Å². The molecule has 35 heavy (non-hydrogen) atoms. The number of nitrogens with one attached hydrogen (secondary N) is 2. The molecule has 1 amide bonds. The van der Waals surface area contributed by atoms with Crippen molar-refractivity contribution in [3.05, 3.63) is 30.5 Å². The highest BCUT2D eigenvalue weighted by Gasteiger charge is 2.32. The summed E-state index contributed by atoms with van der Waals surface area (Å²) >= 11 is 0. The van der Waals surface area contributed by atoms with Crippen LogP contribution in [0.2, 0.25) is 0 Å². The molecule has 0 aliphatic heterocycles. The van der Waals surface area contributed by atoms with Gasteiger partial charge >= 0.3 is 0 Å². The van der Waals surface area contributed by atoms with Crippen LogP contribution < -0.4 is 10.6 Å². The maximum absolute atomic E-state index is 13.0. The standard InChI is InChI=1S/C23H27F2N9O/c1-13-28-20-21(33(13)12-19(24)25)30-17(10-26-20)16-6-9-34-18(16)11-27-22(32-34)29-15-4-7-23(3,8-5-15)31-14(2)35/h6,9-11,15,19H,4-5,7-8,12H2,1-3H3,(H,29,32)(H,31,35). The van der Waals surface area contributed by atoms with Crippen molar-refractivity contribution in [1.29, 1.82) is 0 Å². The van der Waals surface area contributed by atoms with E-state index in [1.165, 1.54) is 4.57 Å². The van der Waals surface area contributed by atoms with Crippen LogP contribution in [0.4, 0.5) is 14.7 Å². The first kappa shape index (κ1) is 23.1. The molecule has 2 N–H and O–H groups in total. The van der Waals surface area contributed by atoms with Crippen LogP contribution in [0.5, 0.6) is 0 Å². The van der Waals surface area contributed by atoms with Gasteiger partial charge in [-0.2, -0.15) is 0 Å². The van der Waals surface area contributed by atoms with Crippen molar-refractivity contribution >= 4 is 28.7 Å². The normalized spacial score (nSPS) is 20.6. The Labute approximate surface area is 200 Å². The molecule has 1 aliphatic carbocycles. The van der Waals surface area contributed by atoms with E-state index in [-0.39, 0.29) is 17.5 Å². The third-order valence-electron chi connectivity index (χ3n) is 6.56. The number of halogens is 2. The molecule has 0 radical (unpaired) electrons. The molecule has 0 unspecified atom stereocenters. The minimum atomic E-state index is -2.52. The van der Waals surface area contributed by atoms with E-state index in [4.69, 9.17) is 0 Å². The number of aryl methyl sites for hydroxylation is 1. The first-order valence-corrected chi connectivity index (χ1v) is 11.6. The quantitative estimate of drug-likeness (QED) is 0.432. The summed E-state index contributed by atoms with van der Waals surface area (Å²) in [6.45, 7) is 4.80. The van der Waals surface area contributed by atoms with Crippen LogP contribution in [-0.4, -0.2) is 58.0 Å². The molecule has 0 spiro atoms. The van der Waals surface area contributed by atoms with E-state index in [0.717, 1.165) is 36.8 Å². The van der Waals surface area contributed by atoms with Gasteiger partial charge in [0.25, 0.3) is 6.43 Å². The Balaban J connectivity index is 1.36. The maximum atomic E-state index is 13.0. The number of hydrogen-bond acceptors (Lipinski definition) is 7. The van der Waals surface area contributed by atoms with Crippen molar-refractivity contribution < 1.29 is 13.6 Å². The van der Waals surface area contributed by atoms with Crippen molar-refractivity contribution in [2.45, 2.75) is 71.0 Å². The van der Waals surface area contributed by atoms with Crippen molar-refractivity contribution in [3.8, 4) is 11.3 Å². The number of carbonyl (C=O) groups excluding carboxylic acids is 1. The molecular formula is C23H27F2N9O. The minimum Gasteiger partial charge on any atom is -0.351 e. The lowest BCUT2D eigenvalue weighted by atomic mass is 9.81. The molecule has 4 aromatic heterocycles. The van der Waals surface area contributed by atoms with Crippen molar-refractivity contribution in [2.24, 2.45) is 0 Å². The topological polar surface area (TPSA) is 115 Å². The molecule has 12 heteroatoms. The first-order chi connectivity index (χ1) is 16.7. The van der Waals surface area contributed by atoms with Gasteiger partial charge in [0.2, 0.25) is 11.9 Å². The fourth-order valence-corrected chi connectivity index (χ4v) is 4.80. The highest BCUT2D eigenvalue weighted by molar-refractivity contribution is 5.80. The van der Waals surface area contributed by atoms with Gasteiger partial charge in [0.1, 0.15) is 5.82 Å². The van der Waals surface area contributed by atoms with E-state index in [0.29, 0.717) is 28.8 Å². The first-order valence-electron chi connectivity index (χ1n) is 11.6. The summed E-state index contributed by atoms with van der Waals surface area (Å²) < 4.78 is 29.2. The lowest BCUT2D eigenvalue weighted by Gasteiger charge is -2.38. The highest BCUT2D eigenvalue weighted by Crippen LogP contribution is 2.30. The molecule has 1 aliphatic rings. The van der Waals surface area contributed by atoms with Gasteiger partial charge in [-0.1, -0.05) is 0 Å². The van der Waals surface area contributed by atoms with E-state index in [1.54, 1.807) is 37.0 Å². The van der Waals surface area contributed by atoms with Gasteiger partial charge in [0.15, 0.2) is 11.3 Å². The number of hydrogen-bond donors (Lipinski definition) is 2. The molecule has 1 saturated carbocycles. The summed E-state index contributed by atoms with van der Waals surface area (Å²) in [5, 5.41) is 11.0. The van der Waals surface area contributed by atoms with Crippen molar-refractivity contribution in [1.82, 2.24) is 39.4 Å². The molecule has 0 bridgehead atoms. The number of amides is 1. The second-order valence-corrected chi connectivity index (χ2v) is 9.36. The van der Waals surface area contributed by atoms with Crippen LogP contribution in [0.25, 0.3) is 28.1 Å². The zero-order valence-electron chi connectivity index (χ0n) is 19.8. The molecule has 4 aromatic rings. The lowest BCUT2D eigenvalue weighted by Crippen LogP contribution is -2.49. The predicted molar refractivity (Wildman–Crippen MR) is 126 cm³/mol. The van der Waals surface area contributed by atoms with Crippen molar-refractivity contribution in [2.75, 3.05) is 5.32 Å². The second-order valence-electron chi connectivity index (χ2n) is 9.36. The number of fused-ring (bicyclic) bond motifs is 2. The molecule has 184 valence electrons. The fourth-order valence-electron chi connectivity index (χ4n) is 4.80. The molecule has 0 saturated heterocycles. The average Bonchev–Trinajstić information content (AvgIpc) is 3.35. The lowest BCUT2D eigenvalue weighted by molar-refractivity contribution is -0.121. The van der Waals surface area contributed by atoms with Crippen LogP contribution in [0, 0.1) is 6.92 Å². The number of imidazole rings is 1. The molecule has 0 aromatic carbocycles. The van der Waals surface area contributed by atoms with Crippen molar-refractivity contribution in [3.63, 3.8) is 0 Å². The zero-order valence-corrected chi connectivity index (χ0v) is 19.8. The Hall–Kier alpha value is -3.70. The fraction of sp³-hybridized carbons (Fsp3) is 0.478. The number of carbonyl (C=O) groups is 1. The summed E-state index contributed by atoms with van der Waals surface area (Å²) in [4.78, 5) is 29.1. The molecule has 10 nitrogen and oxygen atoms in total. The average molecular weight is 484 g/mol. The summed E-state index contributed by atoms with van der Waals surface area (Å²) in [6.07, 6.45) is 6.13. The van der Waals surface area contributed by atoms with E-state index < -0.39 is 13.0 Å². The SMILES string of the molecule is CC(=O)NC1(C)CCC(Nc2ncc3c(-c4cnc5nc(C)n(CC(F)F)c5n4)ccn3n2)CC1. The van der Waals surface area contributed by atoms with Crippen LogP contribution >= 0.6 is 0 Å². The minimum absolute atomic E-state index is 0.00597. The molecule has 0 atom stereocenters. The zero-order chi connectivity index (χ0) is 24.7. The molecule has 4 heterocycles. The number of nitrogens with zero attached hydrogens (tertiary/aromatic N) is 7. The Kier molecular flexibility index (Phi) is 5.81. The van der Waals surface area contributed by atoms with E-state index >= 15 is 0 Å². The number of aromatic nitrogens is 7. The largest absolute Gasteiger partial charge is 0.351 e. The van der Waals surface area contributed by atoms with Crippen LogP contribution in [0.3, 0.4) is 0 Å². The smallest absolute Gasteiger partial charge is 0.256 e. The number of alkyl halides is 2. The monoisotopic (exact) mass is 483 g/mol. The van der Waals surface area contributed by atoms with Gasteiger partial charge in [0, 0.05) is 30.3 Å². The summed E-state index contributed by atoms with van der Waals surface area (Å²) in [5.74, 6) is 0.951. The van der Waals surface area contributed by atoms with Gasteiger partial charge in [0.05, 0.1) is 30.1 Å². The molecular weight excluding hydrogens is 456 g/mol. The predicted octanol–water partition coefficient (Wildman–Crippen LogP) is 3.36. The Bertz CT molecular complexity index is 1390. The summed E-state index contributed by atoms with van der Waals surface area (Å²) in [5.41, 5.74) is 2.49. The number of rotatable bonds is 6. The molecule has 5 rings (SSSR count). The highest BCUT2D eigenvalue weighted by atomic mass is 19.3. The third-order valence-corrected chi connectivity index (χ3v) is 6.56. The van der Waals surface area contributed by atoms with Gasteiger partial charge in [-0.15, -0.1) is 5.10 Å². The molecule has 1 fully saturated rings. The van der Waals surface area contributed by atoms with Gasteiger partial charge < -0.3 is 15.2 Å². The van der Waals surface area contributed by atoms with E-state index in [1.807, 2.05) is 6.07 Å². The summed E-state index contributed by atoms with van der Waals surface area (Å²) in [6, 6.07) is 2.07. The van der Waals surface area contributed by atoms with Gasteiger partial charge in [-0.25, -0.2) is 33.2 Å². The van der Waals surface area contributed by atoms with Gasteiger partial charge in [-0.05, 0) is 45.6 Å². The number of anilines is 1. The maximum Gasteiger partial charge on any atom is 0.256 e. The van der Waals surface area contributed by atoms with Gasteiger partial charge in [-0.3, -0.25) is 4.79 Å².